The lowest BCUT2D eigenvalue weighted by Gasteiger charge is -2.27. The van der Waals surface area contributed by atoms with Gasteiger partial charge in [0.2, 0.25) is 0 Å². The maximum atomic E-state index is 4.78. The molecule has 2 heterocycles. The molecule has 2 aliphatic rings. The first-order valence-electron chi connectivity index (χ1n) is 8.92. The van der Waals surface area contributed by atoms with Crippen LogP contribution in [0.2, 0.25) is 0 Å². The molecule has 1 atom stereocenters. The van der Waals surface area contributed by atoms with Crippen molar-refractivity contribution in [2.45, 2.75) is 10.9 Å². The van der Waals surface area contributed by atoms with Gasteiger partial charge in [0.1, 0.15) is 0 Å². The Kier molecular flexibility index (Phi) is 4.90. The SMILES string of the molecule is CSc1ccc(C2CN=C3C(Nc4cccc(N(C)C)c4)=NC=CN32)cc1. The molecule has 2 aromatic carbocycles. The summed E-state index contributed by atoms with van der Waals surface area (Å²) in [6.07, 6.45) is 5.95. The van der Waals surface area contributed by atoms with Gasteiger partial charge in [0, 0.05) is 42.8 Å². The summed E-state index contributed by atoms with van der Waals surface area (Å²) in [5, 5.41) is 3.43. The van der Waals surface area contributed by atoms with Gasteiger partial charge in [-0.1, -0.05) is 18.2 Å². The fourth-order valence-electron chi connectivity index (χ4n) is 3.28. The van der Waals surface area contributed by atoms with Gasteiger partial charge in [-0.2, -0.15) is 0 Å². The van der Waals surface area contributed by atoms with Gasteiger partial charge in [0.05, 0.1) is 12.6 Å². The van der Waals surface area contributed by atoms with Gasteiger partial charge in [-0.15, -0.1) is 11.8 Å². The number of benzene rings is 2. The Labute approximate surface area is 164 Å². The van der Waals surface area contributed by atoms with Crippen molar-refractivity contribution in [3.63, 3.8) is 0 Å². The van der Waals surface area contributed by atoms with Crippen molar-refractivity contribution in [3.05, 3.63) is 66.5 Å². The van der Waals surface area contributed by atoms with Crippen LogP contribution in [0.4, 0.5) is 11.4 Å². The molecule has 0 amide bonds. The average Bonchev–Trinajstić information content (AvgIpc) is 3.13. The number of aliphatic imine (C=N–C) groups is 2. The van der Waals surface area contributed by atoms with Crippen LogP contribution in [0.1, 0.15) is 11.6 Å². The van der Waals surface area contributed by atoms with E-state index < -0.39 is 0 Å². The third-order valence-electron chi connectivity index (χ3n) is 4.76. The molecule has 2 aromatic rings. The highest BCUT2D eigenvalue weighted by molar-refractivity contribution is 7.98. The maximum absolute atomic E-state index is 4.78. The van der Waals surface area contributed by atoms with Crippen molar-refractivity contribution in [2.24, 2.45) is 9.98 Å². The van der Waals surface area contributed by atoms with Gasteiger partial charge in [-0.05, 0) is 42.2 Å². The molecule has 5 nitrogen and oxygen atoms in total. The van der Waals surface area contributed by atoms with E-state index in [4.69, 9.17) is 4.99 Å². The molecule has 4 rings (SSSR count). The van der Waals surface area contributed by atoms with Gasteiger partial charge in [-0.3, -0.25) is 4.99 Å². The van der Waals surface area contributed by atoms with Crippen molar-refractivity contribution in [1.29, 1.82) is 0 Å². The van der Waals surface area contributed by atoms with E-state index in [0.717, 1.165) is 29.6 Å². The highest BCUT2D eigenvalue weighted by Gasteiger charge is 2.32. The molecule has 27 heavy (non-hydrogen) atoms. The number of hydrogen-bond donors (Lipinski definition) is 1. The first kappa shape index (κ1) is 17.7. The van der Waals surface area contributed by atoms with E-state index >= 15 is 0 Å². The molecule has 0 fully saturated rings. The number of nitrogens with zero attached hydrogens (tertiary/aromatic N) is 4. The van der Waals surface area contributed by atoms with Gasteiger partial charge >= 0.3 is 0 Å². The number of nitrogens with one attached hydrogen (secondary N) is 1. The van der Waals surface area contributed by atoms with E-state index in [1.165, 1.54) is 10.5 Å². The molecule has 0 spiro atoms. The molecular weight excluding hydrogens is 354 g/mol. The number of hydrogen-bond acceptors (Lipinski definition) is 6. The summed E-state index contributed by atoms with van der Waals surface area (Å²) in [5.41, 5.74) is 3.42. The van der Waals surface area contributed by atoms with E-state index in [9.17, 15) is 0 Å². The minimum absolute atomic E-state index is 0.215. The molecule has 2 aliphatic heterocycles. The summed E-state index contributed by atoms with van der Waals surface area (Å²) >= 11 is 1.76. The highest BCUT2D eigenvalue weighted by Crippen LogP contribution is 2.30. The minimum atomic E-state index is 0.215. The van der Waals surface area contributed by atoms with E-state index in [1.54, 1.807) is 11.8 Å². The zero-order chi connectivity index (χ0) is 18.8. The molecule has 1 N–H and O–H groups in total. The monoisotopic (exact) mass is 377 g/mol. The molecule has 0 aromatic heterocycles. The van der Waals surface area contributed by atoms with Crippen molar-refractivity contribution in [1.82, 2.24) is 4.90 Å². The Morgan fingerprint density at radius 2 is 1.96 bits per heavy atom. The van der Waals surface area contributed by atoms with Gasteiger partial charge in [0.15, 0.2) is 11.7 Å². The van der Waals surface area contributed by atoms with E-state index in [0.29, 0.717) is 0 Å². The molecule has 0 saturated carbocycles. The van der Waals surface area contributed by atoms with E-state index in [2.05, 4.69) is 62.8 Å². The number of rotatable bonds is 4. The summed E-state index contributed by atoms with van der Waals surface area (Å²) in [7, 11) is 4.07. The number of thioether (sulfide) groups is 1. The molecule has 1 unspecified atom stereocenters. The first-order chi connectivity index (χ1) is 13.2. The van der Waals surface area contributed by atoms with Crippen LogP contribution in [0.15, 0.2) is 75.8 Å². The highest BCUT2D eigenvalue weighted by atomic mass is 32.2. The second-order valence-electron chi connectivity index (χ2n) is 6.71. The van der Waals surface area contributed by atoms with Crippen molar-refractivity contribution in [3.8, 4) is 0 Å². The molecular formula is C21H23N5S. The lowest BCUT2D eigenvalue weighted by Crippen LogP contribution is -2.37. The Bertz CT molecular complexity index is 914. The quantitative estimate of drug-likeness (QED) is 0.810. The zero-order valence-corrected chi connectivity index (χ0v) is 16.6. The standard InChI is InChI=1S/C21H23N5S/c1-25(2)17-6-4-5-16(13-17)24-20-21-23-14-19(26(21)12-11-22-20)15-7-9-18(27-3)10-8-15/h4-13,19H,14H2,1-3H3,(H,22,24). The molecule has 0 bridgehead atoms. The summed E-state index contributed by atoms with van der Waals surface area (Å²) in [5.74, 6) is 1.68. The third-order valence-corrected chi connectivity index (χ3v) is 5.51. The molecule has 0 saturated heterocycles. The predicted octanol–water partition coefficient (Wildman–Crippen LogP) is 4.23. The molecule has 0 radical (unpaired) electrons. The smallest absolute Gasteiger partial charge is 0.173 e. The molecule has 6 heteroatoms. The number of amidine groups is 2. The van der Waals surface area contributed by atoms with Crippen molar-refractivity contribution < 1.29 is 0 Å². The van der Waals surface area contributed by atoms with Crippen LogP contribution in [-0.2, 0) is 0 Å². The van der Waals surface area contributed by atoms with Gasteiger partial charge < -0.3 is 15.1 Å². The third kappa shape index (κ3) is 3.57. The Hall–Kier alpha value is -2.73. The fourth-order valence-corrected chi connectivity index (χ4v) is 3.69. The largest absolute Gasteiger partial charge is 0.378 e. The van der Waals surface area contributed by atoms with E-state index in [-0.39, 0.29) is 6.04 Å². The topological polar surface area (TPSA) is 43.2 Å². The van der Waals surface area contributed by atoms with Crippen LogP contribution in [0.3, 0.4) is 0 Å². The Morgan fingerprint density at radius 1 is 1.15 bits per heavy atom. The van der Waals surface area contributed by atoms with Crippen LogP contribution < -0.4 is 10.2 Å². The second-order valence-corrected chi connectivity index (χ2v) is 7.59. The zero-order valence-electron chi connectivity index (χ0n) is 15.8. The second kappa shape index (κ2) is 7.48. The van der Waals surface area contributed by atoms with Crippen LogP contribution in [0.5, 0.6) is 0 Å². The normalized spacial score (nSPS) is 18.0. The molecule has 0 aliphatic carbocycles. The van der Waals surface area contributed by atoms with Crippen molar-refractivity contribution in [2.75, 3.05) is 37.1 Å². The van der Waals surface area contributed by atoms with Crippen LogP contribution in [0.25, 0.3) is 0 Å². The van der Waals surface area contributed by atoms with E-state index in [1.807, 2.05) is 38.6 Å². The summed E-state index contributed by atoms with van der Waals surface area (Å²) < 4.78 is 0. The van der Waals surface area contributed by atoms with Crippen molar-refractivity contribution >= 4 is 34.8 Å². The summed E-state index contributed by atoms with van der Waals surface area (Å²) in [6, 6.07) is 17.2. The average molecular weight is 378 g/mol. The maximum Gasteiger partial charge on any atom is 0.173 e. The predicted molar refractivity (Wildman–Crippen MR) is 116 cm³/mol. The minimum Gasteiger partial charge on any atom is -0.378 e. The van der Waals surface area contributed by atoms with Gasteiger partial charge in [0.25, 0.3) is 0 Å². The Morgan fingerprint density at radius 3 is 2.70 bits per heavy atom. The van der Waals surface area contributed by atoms with Crippen LogP contribution in [-0.4, -0.2) is 43.5 Å². The summed E-state index contributed by atoms with van der Waals surface area (Å²) in [6.45, 7) is 0.733. The first-order valence-corrected chi connectivity index (χ1v) is 10.1. The number of anilines is 2. The Balaban J connectivity index is 1.53. The van der Waals surface area contributed by atoms with Crippen LogP contribution in [0, 0.1) is 0 Å². The number of fused-ring (bicyclic) bond motifs is 1. The van der Waals surface area contributed by atoms with Crippen LogP contribution >= 0.6 is 11.8 Å². The lowest BCUT2D eigenvalue weighted by molar-refractivity contribution is 0.458. The fraction of sp³-hybridized carbons (Fsp3) is 0.238. The lowest BCUT2D eigenvalue weighted by atomic mass is 10.1. The molecule has 138 valence electrons. The van der Waals surface area contributed by atoms with Gasteiger partial charge in [-0.25, -0.2) is 4.99 Å². The summed E-state index contributed by atoms with van der Waals surface area (Å²) in [4.78, 5) is 14.9.